The number of carbonyl (C=O) groups is 3. The maximum Gasteiger partial charge on any atom is 1.00 e. The molecular weight excluding hydrogens is 476 g/mol. The van der Waals surface area contributed by atoms with Gasteiger partial charge in [-0.1, -0.05) is 91.0 Å². The van der Waals surface area contributed by atoms with E-state index < -0.39 is 35.7 Å². The van der Waals surface area contributed by atoms with E-state index in [2.05, 4.69) is 5.32 Å². The quantitative estimate of drug-likeness (QED) is 0.250. The second-order valence-electron chi connectivity index (χ2n) is 8.40. The zero-order valence-corrected chi connectivity index (χ0v) is 24.8. The third kappa shape index (κ3) is 10.6. The first-order valence-electron chi connectivity index (χ1n) is 11.3. The van der Waals surface area contributed by atoms with Gasteiger partial charge in [0.25, 0.3) is 0 Å². The van der Waals surface area contributed by atoms with Crippen molar-refractivity contribution in [3.63, 3.8) is 0 Å². The maximum atomic E-state index is 13.2. The van der Waals surface area contributed by atoms with E-state index in [0.717, 1.165) is 16.7 Å². The summed E-state index contributed by atoms with van der Waals surface area (Å²) in [6, 6.07) is 26.1. The van der Waals surface area contributed by atoms with E-state index in [4.69, 9.17) is 0 Å². The third-order valence-corrected chi connectivity index (χ3v) is 5.81. The number of carboxylic acids is 2. The number of amides is 1. The summed E-state index contributed by atoms with van der Waals surface area (Å²) < 4.78 is 0. The number of aliphatic carboxylic acids is 2. The van der Waals surface area contributed by atoms with Gasteiger partial charge in [-0.25, -0.2) is 0 Å². The molecule has 0 aliphatic rings. The molecular formula is C28H27NNa2O5. The summed E-state index contributed by atoms with van der Waals surface area (Å²) in [6.45, 7) is 0. The summed E-state index contributed by atoms with van der Waals surface area (Å²) >= 11 is 0. The van der Waals surface area contributed by atoms with Crippen LogP contribution in [0.2, 0.25) is 0 Å². The van der Waals surface area contributed by atoms with Gasteiger partial charge in [-0.2, -0.15) is 0 Å². The van der Waals surface area contributed by atoms with Crippen molar-refractivity contribution in [3.05, 3.63) is 108 Å². The fraction of sp³-hybridized carbons (Fsp3) is 0.250. The van der Waals surface area contributed by atoms with Crippen molar-refractivity contribution in [1.29, 1.82) is 0 Å². The van der Waals surface area contributed by atoms with E-state index in [9.17, 15) is 24.6 Å². The van der Waals surface area contributed by atoms with Crippen LogP contribution in [0.3, 0.4) is 0 Å². The van der Waals surface area contributed by atoms with Crippen LogP contribution in [0.25, 0.3) is 0 Å². The Kier molecular flexibility index (Phi) is 14.9. The molecule has 3 rings (SSSR count). The van der Waals surface area contributed by atoms with Crippen molar-refractivity contribution < 1.29 is 83.7 Å². The Balaban J connectivity index is 0.00000324. The molecule has 6 nitrogen and oxygen atoms in total. The Morgan fingerprint density at radius 1 is 0.583 bits per heavy atom. The number of rotatable bonds is 12. The molecule has 36 heavy (non-hydrogen) atoms. The number of hydrogen-bond donors (Lipinski definition) is 1. The van der Waals surface area contributed by atoms with Gasteiger partial charge in [-0.15, -0.1) is 0 Å². The van der Waals surface area contributed by atoms with Gasteiger partial charge in [0.15, 0.2) is 0 Å². The van der Waals surface area contributed by atoms with E-state index in [-0.39, 0.29) is 84.8 Å². The molecule has 0 aliphatic heterocycles. The maximum absolute atomic E-state index is 13.2. The SMILES string of the molecule is O=C([O-])C(Cc1ccccc1)NC(=O)[C@H](Cc1ccccc1)C[C@@H](Cc1ccccc1)C(=O)[O-].[Na+].[Na+]. The smallest absolute Gasteiger partial charge is 0.550 e. The summed E-state index contributed by atoms with van der Waals surface area (Å²) in [5.74, 6) is -4.82. The molecule has 3 aromatic carbocycles. The molecule has 3 atom stereocenters. The predicted octanol–water partition coefficient (Wildman–Crippen LogP) is -4.67. The normalized spacial score (nSPS) is 12.7. The Morgan fingerprint density at radius 3 is 1.36 bits per heavy atom. The van der Waals surface area contributed by atoms with Crippen LogP contribution in [0.1, 0.15) is 23.1 Å². The van der Waals surface area contributed by atoms with E-state index in [1.165, 1.54) is 0 Å². The van der Waals surface area contributed by atoms with Gasteiger partial charge >= 0.3 is 59.1 Å². The van der Waals surface area contributed by atoms with Gasteiger partial charge < -0.3 is 25.1 Å². The molecule has 0 heterocycles. The molecule has 1 N–H and O–H groups in total. The molecule has 0 saturated carbocycles. The monoisotopic (exact) mass is 503 g/mol. The first-order chi connectivity index (χ1) is 16.4. The molecule has 3 aromatic rings. The summed E-state index contributed by atoms with van der Waals surface area (Å²) in [5, 5.41) is 26.3. The van der Waals surface area contributed by atoms with E-state index in [1.807, 2.05) is 66.7 Å². The largest absolute Gasteiger partial charge is 1.00 e. The van der Waals surface area contributed by atoms with Gasteiger partial charge in [-0.05, 0) is 42.4 Å². The molecule has 176 valence electrons. The molecule has 0 fully saturated rings. The Morgan fingerprint density at radius 2 is 0.972 bits per heavy atom. The Labute approximate surface area is 256 Å². The van der Waals surface area contributed by atoms with Gasteiger partial charge in [0, 0.05) is 17.8 Å². The summed E-state index contributed by atoms with van der Waals surface area (Å²) in [6.07, 6.45) is 0.579. The van der Waals surface area contributed by atoms with Crippen LogP contribution < -0.4 is 74.6 Å². The van der Waals surface area contributed by atoms with E-state index in [1.54, 1.807) is 24.3 Å². The fourth-order valence-electron chi connectivity index (χ4n) is 4.02. The second-order valence-corrected chi connectivity index (χ2v) is 8.40. The minimum atomic E-state index is -1.39. The van der Waals surface area contributed by atoms with Gasteiger partial charge in [0.1, 0.15) is 0 Å². The minimum absolute atomic E-state index is 0. The zero-order valence-electron chi connectivity index (χ0n) is 20.8. The minimum Gasteiger partial charge on any atom is -0.550 e. The molecule has 0 aliphatic carbocycles. The number of carboxylic acid groups (broad SMARTS) is 2. The van der Waals surface area contributed by atoms with Gasteiger partial charge in [0.05, 0.1) is 12.0 Å². The van der Waals surface area contributed by atoms with Crippen molar-refractivity contribution in [2.45, 2.75) is 31.7 Å². The van der Waals surface area contributed by atoms with Crippen LogP contribution >= 0.6 is 0 Å². The van der Waals surface area contributed by atoms with Crippen LogP contribution in [0.15, 0.2) is 91.0 Å². The first kappa shape index (κ1) is 32.1. The molecule has 1 amide bonds. The summed E-state index contributed by atoms with van der Waals surface area (Å²) in [4.78, 5) is 36.9. The topological polar surface area (TPSA) is 109 Å². The molecule has 0 radical (unpaired) electrons. The predicted molar refractivity (Wildman–Crippen MR) is 124 cm³/mol. The summed E-state index contributed by atoms with van der Waals surface area (Å²) in [7, 11) is 0. The van der Waals surface area contributed by atoms with Gasteiger partial charge in [-0.3, -0.25) is 4.79 Å². The van der Waals surface area contributed by atoms with Crippen LogP contribution in [0, 0.1) is 11.8 Å². The first-order valence-corrected chi connectivity index (χ1v) is 11.3. The molecule has 1 unspecified atom stereocenters. The number of benzene rings is 3. The van der Waals surface area contributed by atoms with E-state index in [0.29, 0.717) is 0 Å². The number of carbonyl (C=O) groups excluding carboxylic acids is 3. The standard InChI is InChI=1S/C28H29NO5.2Na/c30-26(29-25(28(33)34)18-22-14-8-3-9-15-22)23(16-20-10-4-1-5-11-20)19-24(27(31)32)17-21-12-6-2-7-13-21;;/h1-15,23-25H,16-19H2,(H,29,30)(H,31,32)(H,33,34);;/q;2*+1/p-2/t23-,24-,25?;;/m1../s1. The van der Waals surface area contributed by atoms with Crippen molar-refractivity contribution in [2.24, 2.45) is 11.8 Å². The third-order valence-electron chi connectivity index (χ3n) is 5.81. The number of hydrogen-bond acceptors (Lipinski definition) is 5. The van der Waals surface area contributed by atoms with Crippen molar-refractivity contribution in [3.8, 4) is 0 Å². The van der Waals surface area contributed by atoms with Gasteiger partial charge in [0.2, 0.25) is 5.91 Å². The Hall–Kier alpha value is -1.93. The average molecular weight is 504 g/mol. The van der Waals surface area contributed by atoms with Crippen molar-refractivity contribution in [2.75, 3.05) is 0 Å². The Bertz CT molecular complexity index is 1080. The summed E-state index contributed by atoms with van der Waals surface area (Å²) in [5.41, 5.74) is 2.42. The second kappa shape index (κ2) is 16.7. The van der Waals surface area contributed by atoms with Crippen molar-refractivity contribution in [1.82, 2.24) is 5.32 Å². The zero-order chi connectivity index (χ0) is 24.3. The molecule has 8 heteroatoms. The van der Waals surface area contributed by atoms with Crippen LogP contribution in [-0.4, -0.2) is 23.9 Å². The molecule has 0 aromatic heterocycles. The van der Waals surface area contributed by atoms with Crippen molar-refractivity contribution >= 4 is 17.8 Å². The molecule has 0 spiro atoms. The molecule has 0 saturated heterocycles. The number of nitrogens with one attached hydrogen (secondary N) is 1. The van der Waals surface area contributed by atoms with E-state index >= 15 is 0 Å². The average Bonchev–Trinajstić information content (AvgIpc) is 2.84. The van der Waals surface area contributed by atoms with Crippen LogP contribution in [-0.2, 0) is 33.6 Å². The fourth-order valence-corrected chi connectivity index (χ4v) is 4.02. The van der Waals surface area contributed by atoms with Crippen LogP contribution in [0.4, 0.5) is 0 Å². The molecule has 0 bridgehead atoms. The van der Waals surface area contributed by atoms with Crippen LogP contribution in [0.5, 0.6) is 0 Å².